The number of amides is 1. The Kier molecular flexibility index (Phi) is 6.14. The van der Waals surface area contributed by atoms with Gasteiger partial charge in [0.2, 0.25) is 5.91 Å². The second-order valence-corrected chi connectivity index (χ2v) is 6.20. The molecule has 1 unspecified atom stereocenters. The smallest absolute Gasteiger partial charge is 0.305 e. The van der Waals surface area contributed by atoms with E-state index >= 15 is 0 Å². The second kappa shape index (κ2) is 8.30. The van der Waals surface area contributed by atoms with Crippen LogP contribution in [0.2, 0.25) is 0 Å². The Bertz CT molecular complexity index is 747. The van der Waals surface area contributed by atoms with E-state index < -0.39 is 11.2 Å². The summed E-state index contributed by atoms with van der Waals surface area (Å²) in [6.07, 6.45) is 10.9. The molecule has 1 aromatic rings. The SMILES string of the molecule is C/C=C\C=C/c1[nH]cc(/C=N/N=C2\NC(=O)C(CC(=O)O)S2)c1C. The van der Waals surface area contributed by atoms with Crippen LogP contribution in [0.25, 0.3) is 6.08 Å². The molecule has 1 aliphatic heterocycles. The van der Waals surface area contributed by atoms with E-state index in [1.54, 1.807) is 6.21 Å². The summed E-state index contributed by atoms with van der Waals surface area (Å²) < 4.78 is 0. The van der Waals surface area contributed by atoms with Gasteiger partial charge in [-0.2, -0.15) is 5.10 Å². The Labute approximate surface area is 143 Å². The summed E-state index contributed by atoms with van der Waals surface area (Å²) in [5.41, 5.74) is 2.90. The summed E-state index contributed by atoms with van der Waals surface area (Å²) in [6, 6.07) is 0. The maximum Gasteiger partial charge on any atom is 0.305 e. The molecule has 8 heteroatoms. The van der Waals surface area contributed by atoms with Crippen LogP contribution in [0.15, 0.2) is 34.6 Å². The van der Waals surface area contributed by atoms with Crippen molar-refractivity contribution >= 4 is 41.1 Å². The number of carboxylic acid groups (broad SMARTS) is 1. The quantitative estimate of drug-likeness (QED) is 0.417. The molecule has 3 N–H and O–H groups in total. The average Bonchev–Trinajstić information content (AvgIpc) is 3.04. The number of carboxylic acids is 1. The zero-order valence-corrected chi connectivity index (χ0v) is 14.1. The van der Waals surface area contributed by atoms with Crippen LogP contribution in [0.3, 0.4) is 0 Å². The van der Waals surface area contributed by atoms with Gasteiger partial charge in [0.15, 0.2) is 5.17 Å². The van der Waals surface area contributed by atoms with Gasteiger partial charge in [-0.05, 0) is 25.5 Å². The molecular formula is C16H18N4O3S. The van der Waals surface area contributed by atoms with Crippen LogP contribution in [0, 0.1) is 6.92 Å². The van der Waals surface area contributed by atoms with E-state index in [4.69, 9.17) is 5.11 Å². The number of allylic oxidation sites excluding steroid dienone is 3. The molecule has 1 fully saturated rings. The first-order chi connectivity index (χ1) is 11.5. The minimum absolute atomic E-state index is 0.238. The van der Waals surface area contributed by atoms with Crippen molar-refractivity contribution in [2.75, 3.05) is 0 Å². The Morgan fingerprint density at radius 1 is 1.46 bits per heavy atom. The fourth-order valence-electron chi connectivity index (χ4n) is 1.99. The molecule has 126 valence electrons. The predicted molar refractivity (Wildman–Crippen MR) is 96.2 cm³/mol. The molecule has 1 atom stereocenters. The van der Waals surface area contributed by atoms with E-state index in [1.165, 1.54) is 0 Å². The largest absolute Gasteiger partial charge is 0.481 e. The number of hydrogen-bond acceptors (Lipinski definition) is 5. The molecular weight excluding hydrogens is 328 g/mol. The summed E-state index contributed by atoms with van der Waals surface area (Å²) >= 11 is 1.07. The zero-order chi connectivity index (χ0) is 17.5. The van der Waals surface area contributed by atoms with Gasteiger partial charge in [0.1, 0.15) is 5.25 Å². The van der Waals surface area contributed by atoms with Crippen LogP contribution in [-0.2, 0) is 9.59 Å². The maximum absolute atomic E-state index is 11.6. The first kappa shape index (κ1) is 17.7. The molecule has 2 rings (SSSR count). The number of aromatic nitrogens is 1. The van der Waals surface area contributed by atoms with Crippen LogP contribution in [0.4, 0.5) is 0 Å². The van der Waals surface area contributed by atoms with Crippen molar-refractivity contribution in [1.29, 1.82) is 0 Å². The Hall–Kier alpha value is -2.61. The van der Waals surface area contributed by atoms with Gasteiger partial charge in [0, 0.05) is 17.5 Å². The van der Waals surface area contributed by atoms with Gasteiger partial charge in [-0.3, -0.25) is 9.59 Å². The highest BCUT2D eigenvalue weighted by Gasteiger charge is 2.32. The van der Waals surface area contributed by atoms with Crippen molar-refractivity contribution < 1.29 is 14.7 Å². The summed E-state index contributed by atoms with van der Waals surface area (Å²) in [6.45, 7) is 3.92. The number of amidine groups is 1. The molecule has 24 heavy (non-hydrogen) atoms. The topological polar surface area (TPSA) is 107 Å². The van der Waals surface area contributed by atoms with Crippen LogP contribution >= 0.6 is 11.8 Å². The lowest BCUT2D eigenvalue weighted by atomic mass is 10.2. The summed E-state index contributed by atoms with van der Waals surface area (Å²) in [7, 11) is 0. The molecule has 0 bridgehead atoms. The highest BCUT2D eigenvalue weighted by molar-refractivity contribution is 8.15. The number of hydrogen-bond donors (Lipinski definition) is 3. The fourth-order valence-corrected chi connectivity index (χ4v) is 2.90. The van der Waals surface area contributed by atoms with Crippen molar-refractivity contribution in [3.63, 3.8) is 0 Å². The van der Waals surface area contributed by atoms with Crippen molar-refractivity contribution in [2.24, 2.45) is 10.2 Å². The second-order valence-electron chi connectivity index (χ2n) is 5.01. The van der Waals surface area contributed by atoms with E-state index in [1.807, 2.05) is 44.3 Å². The highest BCUT2D eigenvalue weighted by atomic mass is 32.2. The van der Waals surface area contributed by atoms with Crippen molar-refractivity contribution in [3.8, 4) is 0 Å². The first-order valence-electron chi connectivity index (χ1n) is 7.29. The molecule has 0 aromatic carbocycles. The first-order valence-corrected chi connectivity index (χ1v) is 8.17. The van der Waals surface area contributed by atoms with E-state index in [0.717, 1.165) is 28.6 Å². The minimum Gasteiger partial charge on any atom is -0.481 e. The third kappa shape index (κ3) is 4.69. The third-order valence-electron chi connectivity index (χ3n) is 3.27. The Morgan fingerprint density at radius 3 is 2.96 bits per heavy atom. The Balaban J connectivity index is 2.02. The lowest BCUT2D eigenvalue weighted by Crippen LogP contribution is -2.26. The summed E-state index contributed by atoms with van der Waals surface area (Å²) in [4.78, 5) is 25.4. The standard InChI is InChI=1S/C16H18N4O3S/c1-3-4-5-6-12-10(2)11(8-17-12)9-18-20-16-19-15(23)13(24-16)7-14(21)22/h3-6,8-9,13,17H,7H2,1-2H3,(H,21,22)(H,19,20,23)/b4-3-,6-5-,18-9+. The molecule has 0 radical (unpaired) electrons. The van der Waals surface area contributed by atoms with Gasteiger partial charge in [-0.1, -0.05) is 30.0 Å². The van der Waals surface area contributed by atoms with Gasteiger partial charge in [0.05, 0.1) is 12.6 Å². The van der Waals surface area contributed by atoms with Crippen molar-refractivity contribution in [2.45, 2.75) is 25.5 Å². The van der Waals surface area contributed by atoms with Crippen LogP contribution in [0.5, 0.6) is 0 Å². The van der Waals surface area contributed by atoms with Crippen molar-refractivity contribution in [1.82, 2.24) is 10.3 Å². The predicted octanol–water partition coefficient (Wildman–Crippen LogP) is 2.31. The number of aliphatic carboxylic acids is 1. The van der Waals surface area contributed by atoms with Crippen LogP contribution < -0.4 is 5.32 Å². The van der Waals surface area contributed by atoms with Gasteiger partial charge in [-0.15, -0.1) is 5.10 Å². The van der Waals surface area contributed by atoms with Gasteiger partial charge in [0.25, 0.3) is 0 Å². The number of carbonyl (C=O) groups excluding carboxylic acids is 1. The molecule has 1 aliphatic rings. The van der Waals surface area contributed by atoms with E-state index in [0.29, 0.717) is 5.17 Å². The van der Waals surface area contributed by atoms with Crippen LogP contribution in [0.1, 0.15) is 30.2 Å². The lowest BCUT2D eigenvalue weighted by Gasteiger charge is -1.97. The molecule has 0 spiro atoms. The number of rotatable bonds is 6. The minimum atomic E-state index is -1.02. The number of nitrogens with one attached hydrogen (secondary N) is 2. The van der Waals surface area contributed by atoms with E-state index in [-0.39, 0.29) is 12.3 Å². The summed E-state index contributed by atoms with van der Waals surface area (Å²) in [5.74, 6) is -1.38. The van der Waals surface area contributed by atoms with Gasteiger partial charge >= 0.3 is 5.97 Å². The molecule has 0 saturated carbocycles. The maximum atomic E-state index is 11.6. The third-order valence-corrected chi connectivity index (χ3v) is 4.34. The average molecular weight is 346 g/mol. The summed E-state index contributed by atoms with van der Waals surface area (Å²) in [5, 5.41) is 18.8. The molecule has 7 nitrogen and oxygen atoms in total. The van der Waals surface area contributed by atoms with E-state index in [9.17, 15) is 9.59 Å². The van der Waals surface area contributed by atoms with Crippen molar-refractivity contribution in [3.05, 3.63) is 41.2 Å². The molecule has 1 amide bonds. The Morgan fingerprint density at radius 2 is 2.25 bits per heavy atom. The number of thioether (sulfide) groups is 1. The normalized spacial score (nSPS) is 20.0. The van der Waals surface area contributed by atoms with E-state index in [2.05, 4.69) is 20.5 Å². The van der Waals surface area contributed by atoms with Gasteiger partial charge < -0.3 is 15.4 Å². The zero-order valence-electron chi connectivity index (χ0n) is 13.3. The number of carbonyl (C=O) groups is 2. The number of aromatic amines is 1. The fraction of sp³-hybridized carbons (Fsp3) is 0.250. The molecule has 1 saturated heterocycles. The number of H-pyrrole nitrogens is 1. The molecule has 2 heterocycles. The molecule has 1 aromatic heterocycles. The van der Waals surface area contributed by atoms with Crippen LogP contribution in [-0.4, -0.2) is 38.6 Å². The highest BCUT2D eigenvalue weighted by Crippen LogP contribution is 2.22. The van der Waals surface area contributed by atoms with Gasteiger partial charge in [-0.25, -0.2) is 0 Å². The lowest BCUT2D eigenvalue weighted by molar-refractivity contribution is -0.138. The number of nitrogens with zero attached hydrogens (tertiary/aromatic N) is 2. The molecule has 0 aliphatic carbocycles. The monoisotopic (exact) mass is 346 g/mol.